The van der Waals surface area contributed by atoms with Gasteiger partial charge in [0, 0.05) is 31.9 Å². The van der Waals surface area contributed by atoms with Crippen LogP contribution < -0.4 is 0 Å². The lowest BCUT2D eigenvalue weighted by Crippen LogP contribution is -2.49. The first kappa shape index (κ1) is 14.6. The van der Waals surface area contributed by atoms with Gasteiger partial charge in [0.15, 0.2) is 0 Å². The summed E-state index contributed by atoms with van der Waals surface area (Å²) in [5.74, 6) is 0. The van der Waals surface area contributed by atoms with Crippen LogP contribution in [0, 0.1) is 4.91 Å². The molecule has 0 amide bonds. The molecule has 0 aromatic rings. The molecule has 1 unspecified atom stereocenters. The summed E-state index contributed by atoms with van der Waals surface area (Å²) in [5, 5.41) is 2.95. The zero-order valence-electron chi connectivity index (χ0n) is 11.5. The van der Waals surface area contributed by atoms with Gasteiger partial charge in [-0.3, -0.25) is 4.90 Å². The second kappa shape index (κ2) is 7.82. The third kappa shape index (κ3) is 4.84. The molecule has 1 atom stereocenters. The number of nitrogens with zero attached hydrogens (tertiary/aromatic N) is 3. The highest BCUT2D eigenvalue weighted by molar-refractivity contribution is 5.20. The summed E-state index contributed by atoms with van der Waals surface area (Å²) in [4.78, 5) is 14.7. The summed E-state index contributed by atoms with van der Waals surface area (Å²) in [6, 6.07) is 0.422. The van der Waals surface area contributed by atoms with Crippen LogP contribution in [0.15, 0.2) is 41.3 Å². The Hall–Kier alpha value is -1.42. The average molecular weight is 249 g/mol. The van der Waals surface area contributed by atoms with E-state index in [0.717, 1.165) is 19.6 Å². The molecule has 1 rings (SSSR count). The molecule has 1 aliphatic heterocycles. The highest BCUT2D eigenvalue weighted by Gasteiger charge is 2.21. The number of nitroso groups, excluding NO2 is 1. The van der Waals surface area contributed by atoms with E-state index in [2.05, 4.69) is 41.1 Å². The fraction of sp³-hybridized carbons (Fsp3) is 0.571. The van der Waals surface area contributed by atoms with Crippen LogP contribution >= 0.6 is 0 Å². The lowest BCUT2D eigenvalue weighted by atomic mass is 10.2. The van der Waals surface area contributed by atoms with Crippen LogP contribution in [-0.2, 0) is 0 Å². The van der Waals surface area contributed by atoms with E-state index < -0.39 is 0 Å². The van der Waals surface area contributed by atoms with Crippen molar-refractivity contribution in [2.75, 3.05) is 26.3 Å². The molecule has 0 aliphatic carbocycles. The molecule has 4 heteroatoms. The fourth-order valence-corrected chi connectivity index (χ4v) is 2.07. The van der Waals surface area contributed by atoms with Crippen molar-refractivity contribution in [3.05, 3.63) is 41.0 Å². The maximum atomic E-state index is 10.3. The van der Waals surface area contributed by atoms with Gasteiger partial charge in [-0.1, -0.05) is 29.5 Å². The Morgan fingerprint density at radius 2 is 2.17 bits per heavy atom. The molecule has 1 heterocycles. The molecule has 0 aromatic carbocycles. The maximum Gasteiger partial charge on any atom is 0.134 e. The molecular weight excluding hydrogens is 226 g/mol. The van der Waals surface area contributed by atoms with Gasteiger partial charge in [0.2, 0.25) is 0 Å². The van der Waals surface area contributed by atoms with Crippen LogP contribution in [0.3, 0.4) is 0 Å². The van der Waals surface area contributed by atoms with Crippen LogP contribution in [0.1, 0.15) is 20.8 Å². The standard InChI is InChI=1S/C14H23N3O/c1-4-5-6-7-13(2)10-17-9-8-16(12-15-18)11-14(17)3/h4-7,10,14H,8-9,11-12H2,1-3H3/b5-4-,7-6-,13-10+. The summed E-state index contributed by atoms with van der Waals surface area (Å²) in [6.07, 6.45) is 10.4. The summed E-state index contributed by atoms with van der Waals surface area (Å²) in [7, 11) is 0. The second-order valence-electron chi connectivity index (χ2n) is 4.69. The van der Waals surface area contributed by atoms with E-state index in [1.54, 1.807) is 0 Å². The molecule has 0 radical (unpaired) electrons. The lowest BCUT2D eigenvalue weighted by molar-refractivity contribution is 0.123. The third-order valence-corrected chi connectivity index (χ3v) is 3.05. The highest BCUT2D eigenvalue weighted by Crippen LogP contribution is 2.12. The Kier molecular flexibility index (Phi) is 6.36. The van der Waals surface area contributed by atoms with Crippen molar-refractivity contribution in [1.82, 2.24) is 9.80 Å². The molecule has 0 spiro atoms. The van der Waals surface area contributed by atoms with E-state index in [-0.39, 0.29) is 0 Å². The monoisotopic (exact) mass is 249 g/mol. The molecule has 100 valence electrons. The Morgan fingerprint density at radius 1 is 1.39 bits per heavy atom. The van der Waals surface area contributed by atoms with Crippen molar-refractivity contribution in [1.29, 1.82) is 0 Å². The van der Waals surface area contributed by atoms with Crippen molar-refractivity contribution in [3.8, 4) is 0 Å². The Labute approximate surface area is 110 Å². The number of piperazine rings is 1. The van der Waals surface area contributed by atoms with Gasteiger partial charge in [0.05, 0.1) is 0 Å². The lowest BCUT2D eigenvalue weighted by Gasteiger charge is -2.38. The smallest absolute Gasteiger partial charge is 0.134 e. The largest absolute Gasteiger partial charge is 0.372 e. The summed E-state index contributed by atoms with van der Waals surface area (Å²) in [6.45, 7) is 9.34. The van der Waals surface area contributed by atoms with Gasteiger partial charge < -0.3 is 4.90 Å². The number of hydrogen-bond donors (Lipinski definition) is 0. The summed E-state index contributed by atoms with van der Waals surface area (Å²) in [5.41, 5.74) is 1.24. The quantitative estimate of drug-likeness (QED) is 0.555. The van der Waals surface area contributed by atoms with Gasteiger partial charge in [-0.05, 0) is 26.3 Å². The first-order valence-electron chi connectivity index (χ1n) is 6.42. The summed E-state index contributed by atoms with van der Waals surface area (Å²) < 4.78 is 0. The first-order chi connectivity index (χ1) is 8.67. The Morgan fingerprint density at radius 3 is 2.78 bits per heavy atom. The molecule has 4 nitrogen and oxygen atoms in total. The van der Waals surface area contributed by atoms with Gasteiger partial charge in [0.1, 0.15) is 6.67 Å². The zero-order chi connectivity index (χ0) is 13.4. The minimum Gasteiger partial charge on any atom is -0.372 e. The molecule has 0 aromatic heterocycles. The van der Waals surface area contributed by atoms with Crippen molar-refractivity contribution < 1.29 is 0 Å². The van der Waals surface area contributed by atoms with Gasteiger partial charge >= 0.3 is 0 Å². The van der Waals surface area contributed by atoms with E-state index in [0.29, 0.717) is 12.7 Å². The highest BCUT2D eigenvalue weighted by atomic mass is 16.3. The molecule has 1 aliphatic rings. The van der Waals surface area contributed by atoms with Crippen molar-refractivity contribution >= 4 is 0 Å². The molecule has 0 saturated carbocycles. The molecule has 0 bridgehead atoms. The predicted octanol–water partition coefficient (Wildman–Crippen LogP) is 2.75. The number of allylic oxidation sites excluding steroid dienone is 5. The zero-order valence-corrected chi connectivity index (χ0v) is 11.5. The van der Waals surface area contributed by atoms with Crippen LogP contribution in [0.2, 0.25) is 0 Å². The third-order valence-electron chi connectivity index (χ3n) is 3.05. The molecule has 18 heavy (non-hydrogen) atoms. The fourth-order valence-electron chi connectivity index (χ4n) is 2.07. The van der Waals surface area contributed by atoms with Gasteiger partial charge in [-0.15, -0.1) is 4.91 Å². The van der Waals surface area contributed by atoms with Gasteiger partial charge in [-0.2, -0.15) is 0 Å². The molecule has 0 N–H and O–H groups in total. The van der Waals surface area contributed by atoms with E-state index >= 15 is 0 Å². The molecule has 1 fully saturated rings. The Balaban J connectivity index is 2.53. The Bertz CT molecular complexity index is 347. The number of rotatable bonds is 5. The van der Waals surface area contributed by atoms with Gasteiger partial charge in [-0.25, -0.2) is 0 Å². The van der Waals surface area contributed by atoms with E-state index in [9.17, 15) is 4.91 Å². The van der Waals surface area contributed by atoms with Crippen molar-refractivity contribution in [2.24, 2.45) is 5.18 Å². The topological polar surface area (TPSA) is 35.9 Å². The second-order valence-corrected chi connectivity index (χ2v) is 4.69. The van der Waals surface area contributed by atoms with E-state index in [4.69, 9.17) is 0 Å². The van der Waals surface area contributed by atoms with Crippen LogP contribution in [0.4, 0.5) is 0 Å². The summed E-state index contributed by atoms with van der Waals surface area (Å²) >= 11 is 0. The van der Waals surface area contributed by atoms with Crippen LogP contribution in [0.5, 0.6) is 0 Å². The average Bonchev–Trinajstić information content (AvgIpc) is 2.33. The SMILES string of the molecule is C\C=C/C=C\C(C)=C\N1CCN(CN=O)CC1C. The van der Waals surface area contributed by atoms with Crippen molar-refractivity contribution in [3.63, 3.8) is 0 Å². The maximum absolute atomic E-state index is 10.3. The van der Waals surface area contributed by atoms with Crippen LogP contribution in [0.25, 0.3) is 0 Å². The van der Waals surface area contributed by atoms with E-state index in [1.807, 2.05) is 25.2 Å². The minimum absolute atomic E-state index is 0.308. The van der Waals surface area contributed by atoms with Gasteiger partial charge in [0.25, 0.3) is 0 Å². The predicted molar refractivity (Wildman–Crippen MR) is 76.1 cm³/mol. The van der Waals surface area contributed by atoms with E-state index in [1.165, 1.54) is 5.57 Å². The normalized spacial score (nSPS) is 23.2. The minimum atomic E-state index is 0.308. The number of hydrogen-bond acceptors (Lipinski definition) is 4. The van der Waals surface area contributed by atoms with Crippen molar-refractivity contribution in [2.45, 2.75) is 26.8 Å². The van der Waals surface area contributed by atoms with Crippen LogP contribution in [-0.4, -0.2) is 42.1 Å². The molecule has 1 saturated heterocycles. The molecular formula is C14H23N3O. The first-order valence-corrected chi connectivity index (χ1v) is 6.42.